The molecular formula is C17H17F3N2O3S. The molecule has 9 heteroatoms. The molecule has 0 radical (unpaired) electrons. The third kappa shape index (κ3) is 4.53. The molecule has 3 rings (SSSR count). The first-order valence-corrected chi connectivity index (χ1v) is 9.56. The fourth-order valence-corrected chi connectivity index (χ4v) is 4.09. The van der Waals surface area contributed by atoms with Crippen molar-refractivity contribution in [3.8, 4) is 5.75 Å². The van der Waals surface area contributed by atoms with Crippen molar-refractivity contribution in [2.24, 2.45) is 0 Å². The zero-order valence-corrected chi connectivity index (χ0v) is 14.5. The second-order valence-electron chi connectivity index (χ2n) is 5.98. The van der Waals surface area contributed by atoms with Gasteiger partial charge in [0.2, 0.25) is 10.0 Å². The molecule has 0 spiro atoms. The van der Waals surface area contributed by atoms with Crippen molar-refractivity contribution in [1.29, 1.82) is 0 Å². The van der Waals surface area contributed by atoms with Crippen LogP contribution in [-0.2, 0) is 22.6 Å². The maximum absolute atomic E-state index is 12.6. The smallest absolute Gasteiger partial charge is 0.433 e. The molecule has 1 aliphatic rings. The number of sulfonamides is 1. The molecule has 0 saturated carbocycles. The molecule has 26 heavy (non-hydrogen) atoms. The number of nitrogens with zero attached hydrogens (tertiary/aromatic N) is 2. The summed E-state index contributed by atoms with van der Waals surface area (Å²) in [6, 6.07) is 11.4. The average molecular weight is 386 g/mol. The fraction of sp³-hybridized carbons (Fsp3) is 0.353. The van der Waals surface area contributed by atoms with Gasteiger partial charge in [0.05, 0.1) is 18.8 Å². The molecule has 0 amide bonds. The molecule has 2 heterocycles. The maximum atomic E-state index is 12.6. The molecule has 1 aromatic carbocycles. The minimum absolute atomic E-state index is 0.0167. The van der Waals surface area contributed by atoms with Crippen LogP contribution in [0.2, 0.25) is 0 Å². The van der Waals surface area contributed by atoms with E-state index in [9.17, 15) is 21.6 Å². The van der Waals surface area contributed by atoms with Gasteiger partial charge in [-0.1, -0.05) is 30.3 Å². The predicted molar refractivity (Wildman–Crippen MR) is 89.2 cm³/mol. The molecular weight excluding hydrogens is 369 g/mol. The zero-order valence-electron chi connectivity index (χ0n) is 13.7. The molecule has 1 aliphatic heterocycles. The predicted octanol–water partition coefficient (Wildman–Crippen LogP) is 2.74. The summed E-state index contributed by atoms with van der Waals surface area (Å²) >= 11 is 0. The van der Waals surface area contributed by atoms with E-state index in [1.807, 2.05) is 30.3 Å². The highest BCUT2D eigenvalue weighted by atomic mass is 32.2. The highest BCUT2D eigenvalue weighted by Gasteiger charge is 2.37. The van der Waals surface area contributed by atoms with Gasteiger partial charge in [-0.2, -0.15) is 17.5 Å². The van der Waals surface area contributed by atoms with Crippen molar-refractivity contribution in [3.05, 3.63) is 59.9 Å². The van der Waals surface area contributed by atoms with Crippen LogP contribution >= 0.6 is 0 Å². The molecule has 1 saturated heterocycles. The standard InChI is InChI=1S/C17H17F3N2O3S/c18-17(19,20)16-10-14(6-8-21-16)25-15-11-22(12-15)26(23,24)9-7-13-4-2-1-3-5-13/h1-6,8,10,15H,7,9,11-12H2. The van der Waals surface area contributed by atoms with Crippen LogP contribution in [0.4, 0.5) is 13.2 Å². The van der Waals surface area contributed by atoms with Crippen molar-refractivity contribution in [1.82, 2.24) is 9.29 Å². The summed E-state index contributed by atoms with van der Waals surface area (Å²) in [6.45, 7) is 0.252. The Hall–Kier alpha value is -2.13. The molecule has 0 aliphatic carbocycles. The number of halogens is 3. The lowest BCUT2D eigenvalue weighted by Crippen LogP contribution is -2.56. The first-order valence-electron chi connectivity index (χ1n) is 7.96. The van der Waals surface area contributed by atoms with Crippen LogP contribution in [-0.4, -0.2) is 42.7 Å². The highest BCUT2D eigenvalue weighted by molar-refractivity contribution is 7.89. The van der Waals surface area contributed by atoms with E-state index >= 15 is 0 Å². The number of benzene rings is 1. The summed E-state index contributed by atoms with van der Waals surface area (Å²) in [4.78, 5) is 3.26. The Balaban J connectivity index is 1.52. The van der Waals surface area contributed by atoms with Gasteiger partial charge in [-0.3, -0.25) is 4.98 Å². The van der Waals surface area contributed by atoms with Crippen LogP contribution in [0.5, 0.6) is 5.75 Å². The molecule has 5 nitrogen and oxygen atoms in total. The van der Waals surface area contributed by atoms with E-state index in [0.29, 0.717) is 6.42 Å². The first kappa shape index (κ1) is 18.7. The van der Waals surface area contributed by atoms with Gasteiger partial charge in [-0.05, 0) is 18.1 Å². The summed E-state index contributed by atoms with van der Waals surface area (Å²) in [6.07, 6.45) is -3.59. The maximum Gasteiger partial charge on any atom is 0.433 e. The van der Waals surface area contributed by atoms with Crippen LogP contribution in [0.15, 0.2) is 48.7 Å². The third-order valence-electron chi connectivity index (χ3n) is 4.02. The van der Waals surface area contributed by atoms with E-state index in [1.165, 1.54) is 10.4 Å². The van der Waals surface area contributed by atoms with Crippen molar-refractivity contribution in [2.75, 3.05) is 18.8 Å². The van der Waals surface area contributed by atoms with Gasteiger partial charge in [-0.15, -0.1) is 0 Å². The number of rotatable bonds is 6. The topological polar surface area (TPSA) is 59.5 Å². The number of aromatic nitrogens is 1. The molecule has 0 N–H and O–H groups in total. The minimum Gasteiger partial charge on any atom is -0.488 e. The highest BCUT2D eigenvalue weighted by Crippen LogP contribution is 2.30. The monoisotopic (exact) mass is 386 g/mol. The largest absolute Gasteiger partial charge is 0.488 e. The van der Waals surface area contributed by atoms with Crippen molar-refractivity contribution in [3.63, 3.8) is 0 Å². The number of hydrogen-bond acceptors (Lipinski definition) is 4. The Morgan fingerprint density at radius 2 is 1.85 bits per heavy atom. The number of aryl methyl sites for hydroxylation is 1. The Kier molecular flexibility index (Phi) is 5.19. The Morgan fingerprint density at radius 3 is 2.50 bits per heavy atom. The van der Waals surface area contributed by atoms with Gasteiger partial charge in [0, 0.05) is 12.3 Å². The molecule has 1 aromatic heterocycles. The number of alkyl halides is 3. The molecule has 2 aromatic rings. The zero-order chi connectivity index (χ0) is 18.8. The summed E-state index contributed by atoms with van der Waals surface area (Å²) < 4.78 is 69.2. The van der Waals surface area contributed by atoms with Gasteiger partial charge >= 0.3 is 6.18 Å². The average Bonchev–Trinajstić information content (AvgIpc) is 2.56. The van der Waals surface area contributed by atoms with Gasteiger partial charge < -0.3 is 4.74 Å². The van der Waals surface area contributed by atoms with Gasteiger partial charge in [0.25, 0.3) is 0 Å². The molecule has 0 unspecified atom stereocenters. The van der Waals surface area contributed by atoms with Crippen LogP contribution < -0.4 is 4.74 Å². The fourth-order valence-electron chi connectivity index (χ4n) is 2.55. The van der Waals surface area contributed by atoms with E-state index in [4.69, 9.17) is 4.74 Å². The lowest BCUT2D eigenvalue weighted by atomic mass is 10.2. The summed E-state index contributed by atoms with van der Waals surface area (Å²) in [5, 5.41) is 0. The van der Waals surface area contributed by atoms with E-state index < -0.39 is 28.0 Å². The molecule has 1 fully saturated rings. The molecule has 0 atom stereocenters. The first-order chi connectivity index (χ1) is 12.2. The van der Waals surface area contributed by atoms with Crippen LogP contribution in [0.1, 0.15) is 11.3 Å². The molecule has 0 bridgehead atoms. The quantitative estimate of drug-likeness (QED) is 0.766. The van der Waals surface area contributed by atoms with Crippen LogP contribution in [0.25, 0.3) is 0 Å². The number of ether oxygens (including phenoxy) is 1. The SMILES string of the molecule is O=S(=O)(CCc1ccccc1)N1CC(Oc2ccnc(C(F)(F)F)c2)C1. The van der Waals surface area contributed by atoms with E-state index in [1.54, 1.807) is 0 Å². The Bertz CT molecular complexity index is 851. The summed E-state index contributed by atoms with van der Waals surface area (Å²) in [7, 11) is -3.42. The summed E-state index contributed by atoms with van der Waals surface area (Å²) in [5.74, 6) is 0.00988. The number of pyridine rings is 1. The van der Waals surface area contributed by atoms with E-state index in [-0.39, 0.29) is 24.6 Å². The van der Waals surface area contributed by atoms with Crippen LogP contribution in [0, 0.1) is 0 Å². The minimum atomic E-state index is -4.55. The van der Waals surface area contributed by atoms with Crippen molar-refractivity contribution in [2.45, 2.75) is 18.7 Å². The van der Waals surface area contributed by atoms with Gasteiger partial charge in [0.1, 0.15) is 17.5 Å². The van der Waals surface area contributed by atoms with E-state index in [2.05, 4.69) is 4.98 Å². The van der Waals surface area contributed by atoms with E-state index in [0.717, 1.165) is 17.8 Å². The third-order valence-corrected chi connectivity index (χ3v) is 5.83. The Morgan fingerprint density at radius 1 is 1.15 bits per heavy atom. The van der Waals surface area contributed by atoms with Crippen molar-refractivity contribution >= 4 is 10.0 Å². The summed E-state index contributed by atoms with van der Waals surface area (Å²) in [5.41, 5.74) is -0.109. The van der Waals surface area contributed by atoms with Gasteiger partial charge in [-0.25, -0.2) is 8.42 Å². The molecule has 140 valence electrons. The Labute approximate surface area is 149 Å². The van der Waals surface area contributed by atoms with Crippen LogP contribution in [0.3, 0.4) is 0 Å². The second kappa shape index (κ2) is 7.24. The van der Waals surface area contributed by atoms with Crippen molar-refractivity contribution < 1.29 is 26.3 Å². The normalized spacial score (nSPS) is 16.3. The lowest BCUT2D eigenvalue weighted by molar-refractivity contribution is -0.141. The second-order valence-corrected chi connectivity index (χ2v) is 8.07. The van der Waals surface area contributed by atoms with Gasteiger partial charge in [0.15, 0.2) is 0 Å². The lowest BCUT2D eigenvalue weighted by Gasteiger charge is -2.37. The number of hydrogen-bond donors (Lipinski definition) is 0.